The van der Waals surface area contributed by atoms with Crippen LogP contribution in [0.5, 0.6) is 0 Å². The molecule has 10 heavy (non-hydrogen) atoms. The Morgan fingerprint density at radius 3 is 2.30 bits per heavy atom. The molecule has 0 aromatic heterocycles. The second-order valence-corrected chi connectivity index (χ2v) is 4.43. The molecule has 3 N–H and O–H groups in total. The van der Waals surface area contributed by atoms with Crippen molar-refractivity contribution in [2.24, 2.45) is 5.73 Å². The van der Waals surface area contributed by atoms with E-state index >= 15 is 0 Å². The normalized spacial score (nSPS) is 19.6. The first kappa shape index (κ1) is 9.82. The largest absolute Gasteiger partial charge is 0.339 e. The van der Waals surface area contributed by atoms with Gasteiger partial charge in [-0.15, -0.1) is 0 Å². The van der Waals surface area contributed by atoms with Crippen LogP contribution in [0.25, 0.3) is 0 Å². The van der Waals surface area contributed by atoms with Crippen LogP contribution in [0, 0.1) is 0 Å². The summed E-state index contributed by atoms with van der Waals surface area (Å²) in [6.07, 6.45) is 0.400. The molecule has 0 aromatic carbocycles. The van der Waals surface area contributed by atoms with Crippen molar-refractivity contribution in [1.82, 2.24) is 0 Å². The number of rotatable bonds is 3. The summed E-state index contributed by atoms with van der Waals surface area (Å²) in [5.74, 6) is 0. The first-order chi connectivity index (χ1) is 4.39. The Balaban J connectivity index is 4.24. The molecule has 1 unspecified atom stereocenters. The van der Waals surface area contributed by atoms with Crippen LogP contribution in [0.15, 0.2) is 0 Å². The SMILES string of the molecule is CC[C@H](N)C(=O)P(C)(=O)O. The molecule has 0 heterocycles. The van der Waals surface area contributed by atoms with Crippen LogP contribution >= 0.6 is 7.37 Å². The lowest BCUT2D eigenvalue weighted by Gasteiger charge is -2.08. The van der Waals surface area contributed by atoms with Crippen molar-refractivity contribution in [2.75, 3.05) is 6.66 Å². The fourth-order valence-corrected chi connectivity index (χ4v) is 1.28. The Hall–Kier alpha value is -0.180. The van der Waals surface area contributed by atoms with Crippen LogP contribution in [0.2, 0.25) is 0 Å². The first-order valence-corrected chi connectivity index (χ1v) is 5.10. The lowest BCUT2D eigenvalue weighted by atomic mass is 10.3. The maximum absolute atomic E-state index is 10.8. The number of hydrogen-bond acceptors (Lipinski definition) is 3. The first-order valence-electron chi connectivity index (χ1n) is 2.99. The van der Waals surface area contributed by atoms with Crippen molar-refractivity contribution in [3.05, 3.63) is 0 Å². The van der Waals surface area contributed by atoms with Crippen molar-refractivity contribution in [2.45, 2.75) is 19.4 Å². The van der Waals surface area contributed by atoms with Gasteiger partial charge >= 0.3 is 0 Å². The lowest BCUT2D eigenvalue weighted by molar-refractivity contribution is -0.113. The van der Waals surface area contributed by atoms with Gasteiger partial charge in [-0.1, -0.05) is 6.92 Å². The fraction of sp³-hybridized carbons (Fsp3) is 0.800. The van der Waals surface area contributed by atoms with E-state index in [4.69, 9.17) is 10.6 Å². The Labute approximate surface area is 59.9 Å². The summed E-state index contributed by atoms with van der Waals surface area (Å²) >= 11 is 0. The Morgan fingerprint density at radius 2 is 2.20 bits per heavy atom. The van der Waals surface area contributed by atoms with Gasteiger partial charge in [0.2, 0.25) is 5.52 Å². The zero-order valence-corrected chi connectivity index (χ0v) is 6.97. The summed E-state index contributed by atoms with van der Waals surface area (Å²) in [6, 6.07) is -0.791. The average molecular weight is 165 g/mol. The predicted molar refractivity (Wildman–Crippen MR) is 39.0 cm³/mol. The molecule has 0 bridgehead atoms. The average Bonchev–Trinajstić information content (AvgIpc) is 1.83. The molecule has 4 nitrogen and oxygen atoms in total. The summed E-state index contributed by atoms with van der Waals surface area (Å²) in [5.41, 5.74) is 4.48. The molecule has 60 valence electrons. The second kappa shape index (κ2) is 3.28. The van der Waals surface area contributed by atoms with E-state index in [2.05, 4.69) is 0 Å². The smallest absolute Gasteiger partial charge is 0.262 e. The second-order valence-electron chi connectivity index (χ2n) is 2.23. The highest BCUT2D eigenvalue weighted by Crippen LogP contribution is 2.37. The van der Waals surface area contributed by atoms with E-state index in [-0.39, 0.29) is 0 Å². The van der Waals surface area contributed by atoms with Gasteiger partial charge in [-0.3, -0.25) is 9.36 Å². The molecule has 0 aliphatic carbocycles. The molecule has 0 amide bonds. The molecular formula is C5H12NO3P. The highest BCUT2D eigenvalue weighted by Gasteiger charge is 2.26. The van der Waals surface area contributed by atoms with Crippen LogP contribution in [0.3, 0.4) is 0 Å². The van der Waals surface area contributed by atoms with E-state index in [1.807, 2.05) is 0 Å². The number of hydrogen-bond donors (Lipinski definition) is 2. The number of nitrogens with two attached hydrogens (primary N) is 1. The number of carbonyl (C=O) groups is 1. The summed E-state index contributed by atoms with van der Waals surface area (Å²) in [7, 11) is -3.59. The lowest BCUT2D eigenvalue weighted by Crippen LogP contribution is -2.28. The minimum absolute atomic E-state index is 0.400. The van der Waals surface area contributed by atoms with Crippen LogP contribution in [0.1, 0.15) is 13.3 Å². The van der Waals surface area contributed by atoms with Gasteiger partial charge in [-0.2, -0.15) is 0 Å². The molecule has 0 fully saturated rings. The maximum atomic E-state index is 10.8. The minimum atomic E-state index is -3.59. The van der Waals surface area contributed by atoms with E-state index in [0.717, 1.165) is 6.66 Å². The van der Waals surface area contributed by atoms with E-state index in [0.29, 0.717) is 6.42 Å². The molecule has 0 rings (SSSR count). The van der Waals surface area contributed by atoms with Gasteiger partial charge in [0.05, 0.1) is 6.04 Å². The van der Waals surface area contributed by atoms with Crippen molar-refractivity contribution in [3.63, 3.8) is 0 Å². The molecule has 0 aliphatic heterocycles. The zero-order valence-electron chi connectivity index (χ0n) is 6.07. The topological polar surface area (TPSA) is 80.4 Å². The summed E-state index contributed by atoms with van der Waals surface area (Å²) in [4.78, 5) is 19.5. The monoisotopic (exact) mass is 165 g/mol. The fourth-order valence-electron chi connectivity index (χ4n) is 0.482. The van der Waals surface area contributed by atoms with E-state index in [1.165, 1.54) is 0 Å². The Bertz CT molecular complexity index is 174. The summed E-state index contributed by atoms with van der Waals surface area (Å²) < 4.78 is 10.6. The molecule has 0 aromatic rings. The van der Waals surface area contributed by atoms with Gasteiger partial charge in [0.25, 0.3) is 7.37 Å². The summed E-state index contributed by atoms with van der Waals surface area (Å²) in [6.45, 7) is 2.70. The quantitative estimate of drug-likeness (QED) is 0.583. The maximum Gasteiger partial charge on any atom is 0.262 e. The van der Waals surface area contributed by atoms with Crippen LogP contribution in [0.4, 0.5) is 0 Å². The third-order valence-corrected chi connectivity index (χ3v) is 2.32. The predicted octanol–water partition coefficient (Wildman–Crippen LogP) is 0.151. The molecule has 0 spiro atoms. The van der Waals surface area contributed by atoms with Crippen LogP contribution in [-0.4, -0.2) is 23.1 Å². The van der Waals surface area contributed by atoms with E-state index in [1.54, 1.807) is 6.92 Å². The van der Waals surface area contributed by atoms with Crippen LogP contribution < -0.4 is 5.73 Å². The molecule has 0 radical (unpaired) electrons. The molecule has 2 atom stereocenters. The van der Waals surface area contributed by atoms with Crippen molar-refractivity contribution in [3.8, 4) is 0 Å². The third kappa shape index (κ3) is 2.60. The van der Waals surface area contributed by atoms with E-state index in [9.17, 15) is 9.36 Å². The third-order valence-electron chi connectivity index (χ3n) is 1.17. The van der Waals surface area contributed by atoms with Gasteiger partial charge in [-0.25, -0.2) is 0 Å². The van der Waals surface area contributed by atoms with Gasteiger partial charge in [0.15, 0.2) is 0 Å². The van der Waals surface area contributed by atoms with Crippen LogP contribution in [-0.2, 0) is 9.36 Å². The van der Waals surface area contributed by atoms with Gasteiger partial charge in [0.1, 0.15) is 0 Å². The highest BCUT2D eigenvalue weighted by atomic mass is 31.2. The molecule has 0 saturated heterocycles. The summed E-state index contributed by atoms with van der Waals surface area (Å²) in [5, 5.41) is 0. The molecule has 0 aliphatic rings. The van der Waals surface area contributed by atoms with Crippen molar-refractivity contribution < 1.29 is 14.3 Å². The molecule has 0 saturated carbocycles. The van der Waals surface area contributed by atoms with E-state index < -0.39 is 18.9 Å². The molecule has 5 heteroatoms. The van der Waals surface area contributed by atoms with Gasteiger partial charge in [-0.05, 0) is 6.42 Å². The standard InChI is InChI=1S/C5H12NO3P/c1-3-4(6)5(7)10(2,8)9/h4H,3,6H2,1-2H3,(H,8,9)/t4-/m0/s1. The molecular weight excluding hydrogens is 153 g/mol. The Kier molecular flexibility index (Phi) is 3.22. The van der Waals surface area contributed by atoms with Gasteiger partial charge in [0, 0.05) is 6.66 Å². The van der Waals surface area contributed by atoms with Crippen molar-refractivity contribution >= 4 is 12.9 Å². The number of carbonyl (C=O) groups excluding carboxylic acids is 1. The minimum Gasteiger partial charge on any atom is -0.339 e. The Morgan fingerprint density at radius 1 is 1.80 bits per heavy atom. The van der Waals surface area contributed by atoms with Gasteiger partial charge < -0.3 is 10.6 Å². The zero-order chi connectivity index (χ0) is 8.36. The highest BCUT2D eigenvalue weighted by molar-refractivity contribution is 7.74. The van der Waals surface area contributed by atoms with Crippen molar-refractivity contribution in [1.29, 1.82) is 0 Å².